The summed E-state index contributed by atoms with van der Waals surface area (Å²) in [6.07, 6.45) is 1.59. The van der Waals surface area contributed by atoms with Gasteiger partial charge in [-0.05, 0) is 60.4 Å². The van der Waals surface area contributed by atoms with E-state index in [0.717, 1.165) is 24.0 Å². The summed E-state index contributed by atoms with van der Waals surface area (Å²) in [7, 11) is -7.71. The van der Waals surface area contributed by atoms with E-state index in [0.29, 0.717) is 11.6 Å². The maximum Gasteiger partial charge on any atom is 0.243 e. The van der Waals surface area contributed by atoms with Crippen molar-refractivity contribution in [3.8, 4) is 0 Å². The van der Waals surface area contributed by atoms with E-state index in [1.807, 2.05) is 30.3 Å². The van der Waals surface area contributed by atoms with Crippen molar-refractivity contribution in [3.63, 3.8) is 0 Å². The first-order valence-electron chi connectivity index (χ1n) is 11.2. The molecule has 35 heavy (non-hydrogen) atoms. The van der Waals surface area contributed by atoms with Gasteiger partial charge in [-0.3, -0.25) is 0 Å². The van der Waals surface area contributed by atoms with Gasteiger partial charge < -0.3 is 4.74 Å². The SMILES string of the molecule is O=S(=O)(NC[C@@H]1CCCO1)c1ccc(S(=O)(=O)N(Cc2ccccc2)Cc2ccc(Cl)cc2)cc1. The summed E-state index contributed by atoms with van der Waals surface area (Å²) in [6, 6.07) is 21.6. The molecule has 10 heteroatoms. The summed E-state index contributed by atoms with van der Waals surface area (Å²) in [4.78, 5) is 0.0160. The molecule has 7 nitrogen and oxygen atoms in total. The third-order valence-corrected chi connectivity index (χ3v) is 9.27. The number of nitrogens with one attached hydrogen (secondary N) is 1. The van der Waals surface area contributed by atoms with E-state index in [1.165, 1.54) is 28.6 Å². The van der Waals surface area contributed by atoms with Crippen LogP contribution in [0.2, 0.25) is 5.02 Å². The Morgan fingerprint density at radius 1 is 0.829 bits per heavy atom. The second-order valence-corrected chi connectivity index (χ2v) is 12.5. The van der Waals surface area contributed by atoms with Gasteiger partial charge in [0.05, 0.1) is 15.9 Å². The minimum atomic E-state index is -3.93. The predicted molar refractivity (Wildman–Crippen MR) is 135 cm³/mol. The Bertz CT molecular complexity index is 1320. The molecular formula is C25H27ClN2O5S2. The molecule has 1 aliphatic heterocycles. The second kappa shape index (κ2) is 11.2. The zero-order valence-electron chi connectivity index (χ0n) is 19.0. The van der Waals surface area contributed by atoms with Crippen molar-refractivity contribution in [2.24, 2.45) is 0 Å². The lowest BCUT2D eigenvalue weighted by Gasteiger charge is -2.23. The fraction of sp³-hybridized carbons (Fsp3) is 0.280. The number of hydrogen-bond donors (Lipinski definition) is 1. The van der Waals surface area contributed by atoms with Gasteiger partial charge in [0, 0.05) is 31.3 Å². The Morgan fingerprint density at radius 2 is 1.43 bits per heavy atom. The summed E-state index contributed by atoms with van der Waals surface area (Å²) >= 11 is 5.98. The molecule has 0 aromatic heterocycles. The first kappa shape index (κ1) is 25.8. The quantitative estimate of drug-likeness (QED) is 0.421. The smallest absolute Gasteiger partial charge is 0.243 e. The van der Waals surface area contributed by atoms with Gasteiger partial charge in [-0.2, -0.15) is 4.31 Å². The largest absolute Gasteiger partial charge is 0.377 e. The molecule has 1 atom stereocenters. The molecule has 0 bridgehead atoms. The van der Waals surface area contributed by atoms with Gasteiger partial charge in [0.15, 0.2) is 0 Å². The Morgan fingerprint density at radius 3 is 2.03 bits per heavy atom. The summed E-state index contributed by atoms with van der Waals surface area (Å²) in [5.74, 6) is 0. The summed E-state index contributed by atoms with van der Waals surface area (Å²) in [6.45, 7) is 1.12. The number of ether oxygens (including phenoxy) is 1. The first-order valence-corrected chi connectivity index (χ1v) is 14.5. The van der Waals surface area contributed by atoms with Crippen LogP contribution in [0.4, 0.5) is 0 Å². The van der Waals surface area contributed by atoms with E-state index < -0.39 is 20.0 Å². The van der Waals surface area contributed by atoms with E-state index in [9.17, 15) is 16.8 Å². The molecule has 3 aromatic rings. The number of nitrogens with zero attached hydrogens (tertiary/aromatic N) is 1. The van der Waals surface area contributed by atoms with Crippen molar-refractivity contribution in [1.82, 2.24) is 9.03 Å². The Kier molecular flexibility index (Phi) is 8.26. The van der Waals surface area contributed by atoms with Gasteiger partial charge in [0.25, 0.3) is 0 Å². The molecule has 0 spiro atoms. The monoisotopic (exact) mass is 534 g/mol. The second-order valence-electron chi connectivity index (χ2n) is 8.34. The minimum absolute atomic E-state index is 0.00163. The number of sulfonamides is 2. The van der Waals surface area contributed by atoms with Crippen molar-refractivity contribution in [2.45, 2.75) is 41.8 Å². The molecule has 1 aliphatic rings. The molecular weight excluding hydrogens is 508 g/mol. The van der Waals surface area contributed by atoms with Gasteiger partial charge in [-0.1, -0.05) is 54.1 Å². The average Bonchev–Trinajstić information content (AvgIpc) is 3.38. The first-order chi connectivity index (χ1) is 16.7. The van der Waals surface area contributed by atoms with E-state index in [4.69, 9.17) is 16.3 Å². The van der Waals surface area contributed by atoms with Crippen molar-refractivity contribution in [1.29, 1.82) is 0 Å². The van der Waals surface area contributed by atoms with Crippen LogP contribution < -0.4 is 4.72 Å². The molecule has 1 fully saturated rings. The Labute approximate surface area is 211 Å². The van der Waals surface area contributed by atoms with Crippen LogP contribution in [0.3, 0.4) is 0 Å². The van der Waals surface area contributed by atoms with E-state index >= 15 is 0 Å². The minimum Gasteiger partial charge on any atom is -0.377 e. The number of hydrogen-bond acceptors (Lipinski definition) is 5. The normalized spacial score (nSPS) is 16.6. The lowest BCUT2D eigenvalue weighted by atomic mass is 10.2. The van der Waals surface area contributed by atoms with Gasteiger partial charge in [0.2, 0.25) is 20.0 Å². The fourth-order valence-electron chi connectivity index (χ4n) is 3.84. The molecule has 0 aliphatic carbocycles. The van der Waals surface area contributed by atoms with E-state index in [-0.39, 0.29) is 35.5 Å². The van der Waals surface area contributed by atoms with Gasteiger partial charge in [0.1, 0.15) is 0 Å². The molecule has 186 valence electrons. The molecule has 3 aromatic carbocycles. The van der Waals surface area contributed by atoms with Crippen LogP contribution in [0.25, 0.3) is 0 Å². The highest BCUT2D eigenvalue weighted by Crippen LogP contribution is 2.23. The lowest BCUT2D eigenvalue weighted by Crippen LogP contribution is -2.32. The zero-order chi connectivity index (χ0) is 24.9. The summed E-state index contributed by atoms with van der Waals surface area (Å²) < 4.78 is 61.9. The summed E-state index contributed by atoms with van der Waals surface area (Å²) in [5, 5.41) is 0.566. The molecule has 1 N–H and O–H groups in total. The van der Waals surface area contributed by atoms with Crippen LogP contribution >= 0.6 is 11.6 Å². The molecule has 1 heterocycles. The van der Waals surface area contributed by atoms with Crippen molar-refractivity contribution in [2.75, 3.05) is 13.2 Å². The number of rotatable bonds is 10. The topological polar surface area (TPSA) is 92.8 Å². The van der Waals surface area contributed by atoms with Crippen molar-refractivity contribution in [3.05, 3.63) is 95.0 Å². The third kappa shape index (κ3) is 6.69. The zero-order valence-corrected chi connectivity index (χ0v) is 21.4. The molecule has 0 amide bonds. The maximum atomic E-state index is 13.6. The Balaban J connectivity index is 1.56. The van der Waals surface area contributed by atoms with Crippen LogP contribution in [0.5, 0.6) is 0 Å². The van der Waals surface area contributed by atoms with Gasteiger partial charge in [-0.25, -0.2) is 21.6 Å². The molecule has 4 rings (SSSR count). The molecule has 0 saturated carbocycles. The lowest BCUT2D eigenvalue weighted by molar-refractivity contribution is 0.114. The van der Waals surface area contributed by atoms with Crippen molar-refractivity contribution >= 4 is 31.6 Å². The van der Waals surface area contributed by atoms with Crippen molar-refractivity contribution < 1.29 is 21.6 Å². The van der Waals surface area contributed by atoms with E-state index in [1.54, 1.807) is 24.3 Å². The van der Waals surface area contributed by atoms with E-state index in [2.05, 4.69) is 4.72 Å². The highest BCUT2D eigenvalue weighted by Gasteiger charge is 2.26. The standard InChI is InChI=1S/C25H27ClN2O5S2/c26-22-10-8-21(9-11-22)19-28(18-20-5-2-1-3-6-20)35(31,32)25-14-12-24(13-15-25)34(29,30)27-17-23-7-4-16-33-23/h1-3,5-6,8-15,23,27H,4,7,16-19H2/t23-/m0/s1. The fourth-order valence-corrected chi connectivity index (χ4v) is 6.45. The molecule has 1 saturated heterocycles. The van der Waals surface area contributed by atoms with Crippen LogP contribution in [0.1, 0.15) is 24.0 Å². The highest BCUT2D eigenvalue weighted by atomic mass is 35.5. The predicted octanol–water partition coefficient (Wildman–Crippen LogP) is 4.19. The average molecular weight is 535 g/mol. The maximum absolute atomic E-state index is 13.6. The van der Waals surface area contributed by atoms with Crippen LogP contribution in [0.15, 0.2) is 88.7 Å². The molecule has 0 unspecified atom stereocenters. The van der Waals surface area contributed by atoms with Crippen LogP contribution in [0, 0.1) is 0 Å². The summed E-state index contributed by atoms with van der Waals surface area (Å²) in [5.41, 5.74) is 1.62. The Hall–Kier alpha value is -2.27. The van der Waals surface area contributed by atoms with Gasteiger partial charge >= 0.3 is 0 Å². The van der Waals surface area contributed by atoms with Crippen LogP contribution in [-0.4, -0.2) is 40.4 Å². The third-order valence-electron chi connectivity index (χ3n) is 5.77. The number of benzene rings is 3. The highest BCUT2D eigenvalue weighted by molar-refractivity contribution is 7.89. The molecule has 0 radical (unpaired) electrons. The van der Waals surface area contributed by atoms with Gasteiger partial charge in [-0.15, -0.1) is 0 Å². The number of halogens is 1. The van der Waals surface area contributed by atoms with Crippen LogP contribution in [-0.2, 0) is 37.9 Å².